The summed E-state index contributed by atoms with van der Waals surface area (Å²) in [5.74, 6) is 0.489. The van der Waals surface area contributed by atoms with Gasteiger partial charge in [-0.05, 0) is 37.8 Å². The molecular weight excluding hydrogens is 292 g/mol. The molecule has 0 radical (unpaired) electrons. The molecule has 1 saturated carbocycles. The van der Waals surface area contributed by atoms with Crippen LogP contribution in [0.1, 0.15) is 48.2 Å². The van der Waals surface area contributed by atoms with Crippen molar-refractivity contribution in [3.05, 3.63) is 35.8 Å². The largest absolute Gasteiger partial charge is 0.480 e. The van der Waals surface area contributed by atoms with Gasteiger partial charge in [0.15, 0.2) is 0 Å². The highest BCUT2D eigenvalue weighted by Gasteiger charge is 2.44. The monoisotopic (exact) mass is 312 g/mol. The molecule has 0 saturated heterocycles. The van der Waals surface area contributed by atoms with Crippen molar-refractivity contribution in [2.24, 2.45) is 7.05 Å². The molecule has 23 heavy (non-hydrogen) atoms. The second kappa shape index (κ2) is 5.11. The Labute approximate surface area is 135 Å². The van der Waals surface area contributed by atoms with Crippen LogP contribution in [0.15, 0.2) is 24.5 Å². The molecule has 2 aliphatic rings. The van der Waals surface area contributed by atoms with Gasteiger partial charge in [-0.3, -0.25) is 4.98 Å². The lowest BCUT2D eigenvalue weighted by Gasteiger charge is -2.41. The summed E-state index contributed by atoms with van der Waals surface area (Å²) in [5, 5.41) is 0. The van der Waals surface area contributed by atoms with Gasteiger partial charge < -0.3 is 14.0 Å². The highest BCUT2D eigenvalue weighted by atomic mass is 16.5. The van der Waals surface area contributed by atoms with Crippen molar-refractivity contribution in [1.82, 2.24) is 9.55 Å². The maximum absolute atomic E-state index is 12.1. The lowest BCUT2D eigenvalue weighted by molar-refractivity contribution is 0.0235. The van der Waals surface area contributed by atoms with E-state index >= 15 is 0 Å². The molecule has 1 fully saturated rings. The molecule has 0 amide bonds. The van der Waals surface area contributed by atoms with Crippen LogP contribution in [0.25, 0.3) is 11.3 Å². The third-order valence-corrected chi connectivity index (χ3v) is 5.12. The second-order valence-electron chi connectivity index (χ2n) is 6.37. The van der Waals surface area contributed by atoms with E-state index in [1.807, 2.05) is 23.7 Å². The van der Waals surface area contributed by atoms with Gasteiger partial charge in [0.2, 0.25) is 0 Å². The third-order valence-electron chi connectivity index (χ3n) is 5.12. The minimum Gasteiger partial charge on any atom is -0.480 e. The molecule has 0 atom stereocenters. The van der Waals surface area contributed by atoms with Crippen LogP contribution < -0.4 is 4.74 Å². The normalized spacial score (nSPS) is 18.0. The summed E-state index contributed by atoms with van der Waals surface area (Å²) in [5.41, 5.74) is 3.38. The van der Waals surface area contributed by atoms with Crippen LogP contribution in [0.3, 0.4) is 0 Å². The zero-order valence-corrected chi connectivity index (χ0v) is 13.5. The summed E-state index contributed by atoms with van der Waals surface area (Å²) < 4.78 is 13.3. The Bertz CT molecular complexity index is 773. The van der Waals surface area contributed by atoms with Gasteiger partial charge in [-0.1, -0.05) is 6.42 Å². The summed E-state index contributed by atoms with van der Waals surface area (Å²) in [4.78, 5) is 16.3. The highest BCUT2D eigenvalue weighted by Crippen LogP contribution is 2.51. The zero-order valence-electron chi connectivity index (χ0n) is 13.5. The average Bonchev–Trinajstić information content (AvgIpc) is 2.94. The van der Waals surface area contributed by atoms with E-state index in [0.717, 1.165) is 48.3 Å². The van der Waals surface area contributed by atoms with Crippen molar-refractivity contribution in [2.45, 2.75) is 37.7 Å². The van der Waals surface area contributed by atoms with Gasteiger partial charge in [0.25, 0.3) is 0 Å². The molecule has 1 aliphatic heterocycles. The number of carbonyl (C=O) groups excluding carboxylic acids is 1. The van der Waals surface area contributed by atoms with Crippen LogP contribution in [-0.2, 0) is 17.4 Å². The lowest BCUT2D eigenvalue weighted by Crippen LogP contribution is -2.37. The average molecular weight is 312 g/mol. The number of hydrogen-bond acceptors (Lipinski definition) is 4. The van der Waals surface area contributed by atoms with E-state index < -0.39 is 0 Å². The summed E-state index contributed by atoms with van der Waals surface area (Å²) in [7, 11) is 3.33. The summed E-state index contributed by atoms with van der Waals surface area (Å²) >= 11 is 0. The number of pyridine rings is 1. The van der Waals surface area contributed by atoms with Crippen molar-refractivity contribution in [1.29, 1.82) is 0 Å². The number of fused-ring (bicyclic) bond motifs is 4. The number of rotatable bonds is 1. The molecule has 5 nitrogen and oxygen atoms in total. The van der Waals surface area contributed by atoms with Gasteiger partial charge in [-0.2, -0.15) is 0 Å². The number of ether oxygens (including phenoxy) is 2. The van der Waals surface area contributed by atoms with E-state index in [2.05, 4.69) is 4.98 Å². The molecule has 0 unspecified atom stereocenters. The van der Waals surface area contributed by atoms with Crippen molar-refractivity contribution in [3.63, 3.8) is 0 Å². The maximum atomic E-state index is 12.1. The highest BCUT2D eigenvalue weighted by molar-refractivity contribution is 5.91. The SMILES string of the molecule is COC(=O)c1cc2c(n1C)-c1ccncc1OC21CCCCC1. The number of aromatic nitrogens is 2. The predicted molar refractivity (Wildman–Crippen MR) is 85.4 cm³/mol. The first kappa shape index (κ1) is 14.3. The first-order chi connectivity index (χ1) is 11.2. The van der Waals surface area contributed by atoms with Gasteiger partial charge in [0.1, 0.15) is 17.0 Å². The van der Waals surface area contributed by atoms with E-state index in [9.17, 15) is 4.79 Å². The topological polar surface area (TPSA) is 53.4 Å². The van der Waals surface area contributed by atoms with Crippen LogP contribution in [0.4, 0.5) is 0 Å². The molecule has 3 heterocycles. The van der Waals surface area contributed by atoms with Crippen LogP contribution in [0, 0.1) is 0 Å². The van der Waals surface area contributed by atoms with Crippen LogP contribution in [-0.4, -0.2) is 22.6 Å². The molecule has 0 aromatic carbocycles. The molecule has 5 heteroatoms. The van der Waals surface area contributed by atoms with E-state index in [1.165, 1.54) is 13.5 Å². The molecule has 4 rings (SSSR count). The quantitative estimate of drug-likeness (QED) is 0.757. The van der Waals surface area contributed by atoms with Crippen molar-refractivity contribution in [2.75, 3.05) is 7.11 Å². The Morgan fingerprint density at radius 3 is 2.87 bits per heavy atom. The van der Waals surface area contributed by atoms with Crippen LogP contribution in [0.5, 0.6) is 5.75 Å². The standard InChI is InChI=1S/C18H20N2O3/c1-20-14(17(21)22-2)10-13-16(20)12-6-9-19-11-15(12)23-18(13)7-4-3-5-8-18/h6,9-11H,3-5,7-8H2,1-2H3. The summed E-state index contributed by atoms with van der Waals surface area (Å²) in [6.07, 6.45) is 8.99. The number of carbonyl (C=O) groups is 1. The van der Waals surface area contributed by atoms with Crippen molar-refractivity contribution in [3.8, 4) is 17.0 Å². The second-order valence-corrected chi connectivity index (χ2v) is 6.37. The molecule has 2 aromatic heterocycles. The number of nitrogens with zero attached hydrogens (tertiary/aromatic N) is 2. The lowest BCUT2D eigenvalue weighted by atomic mass is 9.77. The summed E-state index contributed by atoms with van der Waals surface area (Å²) in [6.45, 7) is 0. The fourth-order valence-corrected chi connectivity index (χ4v) is 3.99. The fraction of sp³-hybridized carbons (Fsp3) is 0.444. The van der Waals surface area contributed by atoms with Crippen molar-refractivity contribution >= 4 is 5.97 Å². The van der Waals surface area contributed by atoms with E-state index in [-0.39, 0.29) is 11.6 Å². The van der Waals surface area contributed by atoms with Crippen molar-refractivity contribution < 1.29 is 14.3 Å². The Balaban J connectivity index is 1.97. The van der Waals surface area contributed by atoms with Crippen LogP contribution in [0.2, 0.25) is 0 Å². The number of esters is 1. The maximum Gasteiger partial charge on any atom is 0.354 e. The molecule has 0 bridgehead atoms. The Morgan fingerprint density at radius 2 is 2.13 bits per heavy atom. The van der Waals surface area contributed by atoms with Gasteiger partial charge >= 0.3 is 5.97 Å². The molecule has 2 aromatic rings. The van der Waals surface area contributed by atoms with Gasteiger partial charge in [-0.25, -0.2) is 4.79 Å². The van der Waals surface area contributed by atoms with E-state index in [4.69, 9.17) is 9.47 Å². The van der Waals surface area contributed by atoms with Crippen LogP contribution >= 0.6 is 0 Å². The molecule has 120 valence electrons. The third kappa shape index (κ3) is 1.99. The predicted octanol–water partition coefficient (Wildman–Crippen LogP) is 3.43. The van der Waals surface area contributed by atoms with Gasteiger partial charge in [0, 0.05) is 24.4 Å². The Hall–Kier alpha value is -2.30. The Kier molecular flexibility index (Phi) is 3.18. The van der Waals surface area contributed by atoms with E-state index in [1.54, 1.807) is 12.4 Å². The minimum absolute atomic E-state index is 0.316. The van der Waals surface area contributed by atoms with E-state index in [0.29, 0.717) is 5.69 Å². The zero-order chi connectivity index (χ0) is 16.0. The molecule has 0 N–H and O–H groups in total. The number of hydrogen-bond donors (Lipinski definition) is 0. The van der Waals surface area contributed by atoms with Gasteiger partial charge in [0.05, 0.1) is 19.0 Å². The summed E-state index contributed by atoms with van der Waals surface area (Å²) in [6, 6.07) is 3.90. The number of methoxy groups -OCH3 is 1. The fourth-order valence-electron chi connectivity index (χ4n) is 3.99. The molecule has 1 spiro atoms. The van der Waals surface area contributed by atoms with Gasteiger partial charge in [-0.15, -0.1) is 0 Å². The minimum atomic E-state index is -0.340. The molecule has 1 aliphatic carbocycles. The smallest absolute Gasteiger partial charge is 0.354 e. The molecular formula is C18H20N2O3. The first-order valence-corrected chi connectivity index (χ1v) is 8.08. The first-order valence-electron chi connectivity index (χ1n) is 8.08. The Morgan fingerprint density at radius 1 is 1.35 bits per heavy atom.